The van der Waals surface area contributed by atoms with Crippen LogP contribution < -0.4 is 4.90 Å². The van der Waals surface area contributed by atoms with Crippen molar-refractivity contribution < 1.29 is 5.11 Å². The first kappa shape index (κ1) is 21.6. The Morgan fingerprint density at radius 2 is 1.94 bits per heavy atom. The number of imidazole rings is 1. The predicted octanol–water partition coefficient (Wildman–Crippen LogP) is 2.99. The van der Waals surface area contributed by atoms with E-state index in [9.17, 15) is 5.11 Å². The molecular formula is C27H27N7O. The van der Waals surface area contributed by atoms with Crippen LogP contribution in [-0.4, -0.2) is 68.9 Å². The van der Waals surface area contributed by atoms with Gasteiger partial charge in [-0.25, -0.2) is 9.97 Å². The number of nitrogens with zero attached hydrogens (tertiary/aromatic N) is 7. The lowest BCUT2D eigenvalue weighted by Crippen LogP contribution is -2.29. The average molecular weight is 466 g/mol. The van der Waals surface area contributed by atoms with Gasteiger partial charge in [0.25, 0.3) is 0 Å². The Labute approximate surface area is 204 Å². The molecule has 0 bridgehead atoms. The lowest BCUT2D eigenvalue weighted by atomic mass is 10.1. The Morgan fingerprint density at radius 3 is 2.71 bits per heavy atom. The first-order chi connectivity index (χ1) is 17.0. The predicted molar refractivity (Wildman–Crippen MR) is 134 cm³/mol. The van der Waals surface area contributed by atoms with Gasteiger partial charge in [-0.05, 0) is 50.0 Å². The molecule has 1 unspecified atom stereocenters. The molecule has 6 rings (SSSR count). The number of benzene rings is 1. The topological polar surface area (TPSA) is 86.1 Å². The lowest BCUT2D eigenvalue weighted by Gasteiger charge is -2.20. The number of aromatic nitrogens is 4. The molecule has 4 aromatic rings. The van der Waals surface area contributed by atoms with Gasteiger partial charge < -0.3 is 19.5 Å². The molecular weight excluding hydrogens is 438 g/mol. The summed E-state index contributed by atoms with van der Waals surface area (Å²) in [5.41, 5.74) is 5.80. The van der Waals surface area contributed by atoms with Gasteiger partial charge in [0.1, 0.15) is 5.82 Å². The molecule has 1 aromatic carbocycles. The molecule has 0 saturated carbocycles. The van der Waals surface area contributed by atoms with Crippen molar-refractivity contribution in [3.63, 3.8) is 0 Å². The number of rotatable bonds is 4. The fraction of sp³-hybridized carbons (Fsp3) is 0.296. The molecule has 8 heteroatoms. The maximum absolute atomic E-state index is 10.6. The minimum absolute atomic E-state index is 0.205. The molecule has 5 heterocycles. The van der Waals surface area contributed by atoms with Crippen LogP contribution in [0.4, 0.5) is 5.82 Å². The van der Waals surface area contributed by atoms with Crippen molar-refractivity contribution in [1.82, 2.24) is 24.0 Å². The molecule has 2 aliphatic heterocycles. The number of hydrogen-bond donors (Lipinski definition) is 1. The van der Waals surface area contributed by atoms with Crippen LogP contribution in [0.1, 0.15) is 11.3 Å². The zero-order valence-electron chi connectivity index (χ0n) is 19.8. The molecule has 176 valence electrons. The molecule has 8 nitrogen and oxygen atoms in total. The summed E-state index contributed by atoms with van der Waals surface area (Å²) >= 11 is 0. The number of nitriles is 1. The molecule has 1 N–H and O–H groups in total. The summed E-state index contributed by atoms with van der Waals surface area (Å²) in [4.78, 5) is 14.1. The third-order valence-electron chi connectivity index (χ3n) is 6.96. The summed E-state index contributed by atoms with van der Waals surface area (Å²) in [5, 5.41) is 19.7. The Hall–Kier alpha value is -3.93. The van der Waals surface area contributed by atoms with E-state index in [0.717, 1.165) is 52.9 Å². The SMILES string of the molecule is CN(C)CC1CN(c2ccc3c(n2)Cn2cc(-c4ccc(C#N)cc4)cc2-c2nccn2-3)C[C@@H]1O. The molecule has 2 atom stereocenters. The second kappa shape index (κ2) is 8.38. The second-order valence-corrected chi connectivity index (χ2v) is 9.68. The highest BCUT2D eigenvalue weighted by molar-refractivity contribution is 5.72. The molecule has 3 aromatic heterocycles. The molecule has 1 fully saturated rings. The largest absolute Gasteiger partial charge is 0.391 e. The summed E-state index contributed by atoms with van der Waals surface area (Å²) < 4.78 is 4.30. The molecule has 0 amide bonds. The monoisotopic (exact) mass is 465 g/mol. The van der Waals surface area contributed by atoms with E-state index in [-0.39, 0.29) is 12.0 Å². The number of β-amino-alcohol motifs (C(OH)–C–C–N with tert-alkyl or cyclic N) is 1. The number of hydrogen-bond acceptors (Lipinski definition) is 6. The Morgan fingerprint density at radius 1 is 1.11 bits per heavy atom. The van der Waals surface area contributed by atoms with Crippen molar-refractivity contribution in [3.8, 4) is 34.4 Å². The van der Waals surface area contributed by atoms with Gasteiger partial charge in [0.15, 0.2) is 5.82 Å². The highest BCUT2D eigenvalue weighted by atomic mass is 16.3. The number of aliphatic hydroxyl groups excluding tert-OH is 1. The smallest absolute Gasteiger partial charge is 0.161 e. The van der Waals surface area contributed by atoms with Crippen LogP contribution in [-0.2, 0) is 6.54 Å². The van der Waals surface area contributed by atoms with Gasteiger partial charge in [-0.15, -0.1) is 0 Å². The summed E-state index contributed by atoms with van der Waals surface area (Å²) in [7, 11) is 4.08. The number of aliphatic hydroxyl groups is 1. The summed E-state index contributed by atoms with van der Waals surface area (Å²) in [6.45, 7) is 2.86. The van der Waals surface area contributed by atoms with Gasteiger partial charge in [0.2, 0.25) is 0 Å². The van der Waals surface area contributed by atoms with Crippen LogP contribution in [0.3, 0.4) is 0 Å². The van der Waals surface area contributed by atoms with Crippen molar-refractivity contribution in [3.05, 3.63) is 72.3 Å². The van der Waals surface area contributed by atoms with E-state index in [0.29, 0.717) is 18.7 Å². The molecule has 1 saturated heterocycles. The van der Waals surface area contributed by atoms with Gasteiger partial charge in [-0.3, -0.25) is 4.57 Å². The molecule has 0 radical (unpaired) electrons. The van der Waals surface area contributed by atoms with Crippen molar-refractivity contribution >= 4 is 5.82 Å². The summed E-state index contributed by atoms with van der Waals surface area (Å²) in [6, 6.07) is 16.1. The van der Waals surface area contributed by atoms with E-state index in [1.165, 1.54) is 0 Å². The van der Waals surface area contributed by atoms with Gasteiger partial charge in [0.05, 0.1) is 41.4 Å². The quantitative estimate of drug-likeness (QED) is 0.439. The molecule has 0 spiro atoms. The fourth-order valence-corrected chi connectivity index (χ4v) is 5.26. The normalized spacial score (nSPS) is 18.7. The van der Waals surface area contributed by atoms with Crippen molar-refractivity contribution in [2.24, 2.45) is 5.92 Å². The van der Waals surface area contributed by atoms with E-state index in [1.54, 1.807) is 0 Å². The minimum Gasteiger partial charge on any atom is -0.391 e. The van der Waals surface area contributed by atoms with Gasteiger partial charge in [0, 0.05) is 49.7 Å². The van der Waals surface area contributed by atoms with Crippen LogP contribution in [0.15, 0.2) is 61.1 Å². The maximum Gasteiger partial charge on any atom is 0.161 e. The van der Waals surface area contributed by atoms with E-state index in [2.05, 4.69) is 54.4 Å². The zero-order chi connectivity index (χ0) is 24.1. The zero-order valence-corrected chi connectivity index (χ0v) is 19.8. The Kier molecular flexibility index (Phi) is 5.17. The number of anilines is 1. The van der Waals surface area contributed by atoms with E-state index < -0.39 is 0 Å². The van der Waals surface area contributed by atoms with Gasteiger partial charge in [-0.2, -0.15) is 5.26 Å². The summed E-state index contributed by atoms with van der Waals surface area (Å²) in [5.74, 6) is 1.98. The van der Waals surface area contributed by atoms with Crippen molar-refractivity contribution in [1.29, 1.82) is 5.26 Å². The summed E-state index contributed by atoms with van der Waals surface area (Å²) in [6.07, 6.45) is 5.57. The van der Waals surface area contributed by atoms with Crippen molar-refractivity contribution in [2.45, 2.75) is 12.6 Å². The average Bonchev–Trinajstić information content (AvgIpc) is 3.56. The Balaban J connectivity index is 1.36. The van der Waals surface area contributed by atoms with Crippen LogP contribution in [0.25, 0.3) is 28.3 Å². The third-order valence-corrected chi connectivity index (χ3v) is 6.96. The lowest BCUT2D eigenvalue weighted by molar-refractivity contribution is 0.130. The van der Waals surface area contributed by atoms with Gasteiger partial charge in [-0.1, -0.05) is 12.1 Å². The van der Waals surface area contributed by atoms with Crippen LogP contribution in [0.2, 0.25) is 0 Å². The van der Waals surface area contributed by atoms with Crippen molar-refractivity contribution in [2.75, 3.05) is 38.6 Å². The number of pyridine rings is 1. The number of fused-ring (bicyclic) bond motifs is 5. The van der Waals surface area contributed by atoms with Crippen LogP contribution >= 0.6 is 0 Å². The second-order valence-electron chi connectivity index (χ2n) is 9.68. The minimum atomic E-state index is -0.357. The highest BCUT2D eigenvalue weighted by Gasteiger charge is 2.33. The maximum atomic E-state index is 10.6. The Bertz CT molecular complexity index is 1430. The van der Waals surface area contributed by atoms with E-state index in [4.69, 9.17) is 10.2 Å². The van der Waals surface area contributed by atoms with Crippen LogP contribution in [0, 0.1) is 17.2 Å². The standard InChI is InChI=1S/C27H27N7O/c1-31(2)13-21-15-33(17-25(21)35)26-8-7-23-22(30-26)16-32-14-20(19-5-3-18(12-28)4-6-19)11-24(32)27-29-9-10-34(23)27/h3-11,14,21,25,35H,13,15-17H2,1-2H3/t21?,25-/m0/s1. The third kappa shape index (κ3) is 3.79. The molecule has 35 heavy (non-hydrogen) atoms. The fourth-order valence-electron chi connectivity index (χ4n) is 5.26. The highest BCUT2D eigenvalue weighted by Crippen LogP contribution is 2.34. The van der Waals surface area contributed by atoms with E-state index in [1.807, 2.05) is 50.8 Å². The molecule has 2 aliphatic rings. The van der Waals surface area contributed by atoms with Crippen LogP contribution in [0.5, 0.6) is 0 Å². The first-order valence-corrected chi connectivity index (χ1v) is 11.8. The van der Waals surface area contributed by atoms with Gasteiger partial charge >= 0.3 is 0 Å². The van der Waals surface area contributed by atoms with E-state index >= 15 is 0 Å². The molecule has 0 aliphatic carbocycles. The first-order valence-electron chi connectivity index (χ1n) is 11.8.